The van der Waals surface area contributed by atoms with Gasteiger partial charge in [-0.25, -0.2) is 0 Å². The van der Waals surface area contributed by atoms with Gasteiger partial charge in [0.15, 0.2) is 0 Å². The van der Waals surface area contributed by atoms with Gasteiger partial charge in [0.05, 0.1) is 6.61 Å². The number of nitrogens with one attached hydrogen (secondary N) is 1. The molecule has 0 aromatic heterocycles. The third kappa shape index (κ3) is 8.72. The number of hydrogen-bond acceptors (Lipinski definition) is 3. The standard InChI is InChI=1S/C30H35ClN2O3/c1-22(2)32-30(35)28(20-24-9-5-4-6-10-24)33(21-25-11-7-12-26(31)19-25)29(34)13-8-18-36-27-16-14-23(3)15-17-27/h4-7,9-12,14-17,19,22,28H,8,13,18,20-21H2,1-3H3,(H,32,35). The minimum atomic E-state index is -0.653. The summed E-state index contributed by atoms with van der Waals surface area (Å²) >= 11 is 6.22. The zero-order chi connectivity index (χ0) is 25.9. The molecule has 0 aliphatic carbocycles. The number of carbonyl (C=O) groups excluding carboxylic acids is 2. The summed E-state index contributed by atoms with van der Waals surface area (Å²) in [7, 11) is 0. The molecular formula is C30H35ClN2O3. The maximum absolute atomic E-state index is 13.6. The number of benzene rings is 3. The van der Waals surface area contributed by atoms with Crippen LogP contribution in [-0.2, 0) is 22.6 Å². The van der Waals surface area contributed by atoms with Gasteiger partial charge in [-0.3, -0.25) is 9.59 Å². The third-order valence-corrected chi connectivity index (χ3v) is 6.00. The fourth-order valence-corrected chi connectivity index (χ4v) is 4.17. The summed E-state index contributed by atoms with van der Waals surface area (Å²) in [6.45, 7) is 6.58. The Morgan fingerprint density at radius 2 is 1.64 bits per heavy atom. The second-order valence-electron chi connectivity index (χ2n) is 9.29. The molecule has 190 valence electrons. The molecule has 0 saturated carbocycles. The minimum absolute atomic E-state index is 0.0400. The average molecular weight is 507 g/mol. The Bertz CT molecular complexity index is 1120. The second kappa shape index (κ2) is 13.7. The number of hydrogen-bond donors (Lipinski definition) is 1. The van der Waals surface area contributed by atoms with E-state index < -0.39 is 6.04 Å². The van der Waals surface area contributed by atoms with Gasteiger partial charge >= 0.3 is 0 Å². The van der Waals surface area contributed by atoms with Crippen molar-refractivity contribution in [2.45, 2.75) is 58.7 Å². The van der Waals surface area contributed by atoms with Gasteiger partial charge < -0.3 is 15.0 Å². The molecule has 0 fully saturated rings. The summed E-state index contributed by atoms with van der Waals surface area (Å²) in [6, 6.07) is 24.3. The van der Waals surface area contributed by atoms with Crippen molar-refractivity contribution in [2.75, 3.05) is 6.61 Å². The third-order valence-electron chi connectivity index (χ3n) is 5.77. The molecule has 0 aliphatic rings. The van der Waals surface area contributed by atoms with E-state index in [-0.39, 0.29) is 24.3 Å². The highest BCUT2D eigenvalue weighted by atomic mass is 35.5. The molecule has 0 radical (unpaired) electrons. The highest BCUT2D eigenvalue weighted by Gasteiger charge is 2.30. The average Bonchev–Trinajstić information content (AvgIpc) is 2.85. The van der Waals surface area contributed by atoms with Crippen LogP contribution in [0.3, 0.4) is 0 Å². The SMILES string of the molecule is Cc1ccc(OCCCC(=O)N(Cc2cccc(Cl)c2)C(Cc2ccccc2)C(=O)NC(C)C)cc1. The molecule has 0 spiro atoms. The van der Waals surface area contributed by atoms with Crippen LogP contribution in [0.15, 0.2) is 78.9 Å². The number of rotatable bonds is 12. The van der Waals surface area contributed by atoms with Crippen LogP contribution in [0.1, 0.15) is 43.4 Å². The van der Waals surface area contributed by atoms with E-state index in [1.165, 1.54) is 5.56 Å². The monoisotopic (exact) mass is 506 g/mol. The molecule has 3 aromatic rings. The topological polar surface area (TPSA) is 58.6 Å². The van der Waals surface area contributed by atoms with Crippen molar-refractivity contribution in [3.8, 4) is 5.75 Å². The summed E-state index contributed by atoms with van der Waals surface area (Å²) in [5.74, 6) is 0.518. The van der Waals surface area contributed by atoms with Crippen LogP contribution in [0.25, 0.3) is 0 Å². The first-order valence-corrected chi connectivity index (χ1v) is 12.8. The smallest absolute Gasteiger partial charge is 0.243 e. The van der Waals surface area contributed by atoms with E-state index >= 15 is 0 Å². The lowest BCUT2D eigenvalue weighted by atomic mass is 10.0. The molecule has 6 heteroatoms. The molecule has 1 unspecified atom stereocenters. The lowest BCUT2D eigenvalue weighted by Gasteiger charge is -2.32. The molecule has 0 saturated heterocycles. The van der Waals surface area contributed by atoms with Crippen LogP contribution >= 0.6 is 11.6 Å². The van der Waals surface area contributed by atoms with E-state index in [0.29, 0.717) is 31.0 Å². The van der Waals surface area contributed by atoms with Crippen molar-refractivity contribution in [3.63, 3.8) is 0 Å². The lowest BCUT2D eigenvalue weighted by Crippen LogP contribution is -2.51. The van der Waals surface area contributed by atoms with E-state index in [0.717, 1.165) is 16.9 Å². The van der Waals surface area contributed by atoms with Crippen molar-refractivity contribution >= 4 is 23.4 Å². The number of nitrogens with zero attached hydrogens (tertiary/aromatic N) is 1. The van der Waals surface area contributed by atoms with Gasteiger partial charge in [0.1, 0.15) is 11.8 Å². The van der Waals surface area contributed by atoms with Crippen molar-refractivity contribution in [2.24, 2.45) is 0 Å². The van der Waals surface area contributed by atoms with Crippen molar-refractivity contribution in [1.82, 2.24) is 10.2 Å². The molecule has 5 nitrogen and oxygen atoms in total. The molecular weight excluding hydrogens is 472 g/mol. The molecule has 0 bridgehead atoms. The molecule has 36 heavy (non-hydrogen) atoms. The lowest BCUT2D eigenvalue weighted by molar-refractivity contribution is -0.141. The van der Waals surface area contributed by atoms with Gasteiger partial charge in [0.2, 0.25) is 11.8 Å². The molecule has 3 aromatic carbocycles. The van der Waals surface area contributed by atoms with Crippen LogP contribution < -0.4 is 10.1 Å². The highest BCUT2D eigenvalue weighted by molar-refractivity contribution is 6.30. The predicted octanol–water partition coefficient (Wildman–Crippen LogP) is 5.97. The van der Waals surface area contributed by atoms with Crippen LogP contribution in [0.4, 0.5) is 0 Å². The van der Waals surface area contributed by atoms with E-state index in [1.807, 2.05) is 93.6 Å². The van der Waals surface area contributed by atoms with Crippen LogP contribution in [0, 0.1) is 6.92 Å². The Labute approximate surface area is 219 Å². The largest absolute Gasteiger partial charge is 0.494 e. The molecule has 3 rings (SSSR count). The van der Waals surface area contributed by atoms with Gasteiger partial charge in [0, 0.05) is 30.5 Å². The van der Waals surface area contributed by atoms with E-state index in [2.05, 4.69) is 5.32 Å². The van der Waals surface area contributed by atoms with Crippen molar-refractivity contribution in [1.29, 1.82) is 0 Å². The molecule has 1 N–H and O–H groups in total. The summed E-state index contributed by atoms with van der Waals surface area (Å²) in [5.41, 5.74) is 3.04. The van der Waals surface area contributed by atoms with E-state index in [4.69, 9.17) is 16.3 Å². The zero-order valence-corrected chi connectivity index (χ0v) is 22.0. The van der Waals surface area contributed by atoms with Crippen LogP contribution in [0.5, 0.6) is 5.75 Å². The fourth-order valence-electron chi connectivity index (χ4n) is 3.96. The summed E-state index contributed by atoms with van der Waals surface area (Å²) < 4.78 is 5.81. The van der Waals surface area contributed by atoms with Crippen LogP contribution in [0.2, 0.25) is 5.02 Å². The predicted molar refractivity (Wildman–Crippen MR) is 145 cm³/mol. The second-order valence-corrected chi connectivity index (χ2v) is 9.72. The van der Waals surface area contributed by atoms with Crippen molar-refractivity contribution in [3.05, 3.63) is 101 Å². The molecule has 1 atom stereocenters. The first-order chi connectivity index (χ1) is 17.3. The Hall–Kier alpha value is -3.31. The fraction of sp³-hybridized carbons (Fsp3) is 0.333. The Balaban J connectivity index is 1.78. The van der Waals surface area contributed by atoms with Gasteiger partial charge in [0.25, 0.3) is 0 Å². The maximum Gasteiger partial charge on any atom is 0.243 e. The van der Waals surface area contributed by atoms with E-state index in [1.54, 1.807) is 11.0 Å². The normalized spacial score (nSPS) is 11.7. The number of carbonyl (C=O) groups is 2. The maximum atomic E-state index is 13.6. The molecule has 2 amide bonds. The van der Waals surface area contributed by atoms with Gasteiger partial charge in [-0.05, 0) is 62.6 Å². The first kappa shape index (κ1) is 27.3. The number of ether oxygens (including phenoxy) is 1. The van der Waals surface area contributed by atoms with E-state index in [9.17, 15) is 9.59 Å². The highest BCUT2D eigenvalue weighted by Crippen LogP contribution is 2.19. The number of amides is 2. The summed E-state index contributed by atoms with van der Waals surface area (Å²) in [4.78, 5) is 28.6. The first-order valence-electron chi connectivity index (χ1n) is 12.4. The molecule has 0 heterocycles. The Morgan fingerprint density at radius 3 is 2.31 bits per heavy atom. The summed E-state index contributed by atoms with van der Waals surface area (Å²) in [5, 5.41) is 3.60. The summed E-state index contributed by atoms with van der Waals surface area (Å²) in [6.07, 6.45) is 1.24. The Morgan fingerprint density at radius 1 is 0.944 bits per heavy atom. The quantitative estimate of drug-likeness (QED) is 0.308. The Kier molecular flexibility index (Phi) is 10.4. The van der Waals surface area contributed by atoms with Gasteiger partial charge in [-0.15, -0.1) is 0 Å². The van der Waals surface area contributed by atoms with Gasteiger partial charge in [-0.2, -0.15) is 0 Å². The zero-order valence-electron chi connectivity index (χ0n) is 21.2. The van der Waals surface area contributed by atoms with Crippen molar-refractivity contribution < 1.29 is 14.3 Å². The van der Waals surface area contributed by atoms with Gasteiger partial charge in [-0.1, -0.05) is 71.8 Å². The number of aryl methyl sites for hydroxylation is 1. The van der Waals surface area contributed by atoms with Crippen LogP contribution in [-0.4, -0.2) is 35.4 Å². The molecule has 0 aliphatic heterocycles. The number of halogens is 1. The minimum Gasteiger partial charge on any atom is -0.494 e.